The zero-order valence-electron chi connectivity index (χ0n) is 10.4. The van der Waals surface area contributed by atoms with Crippen molar-refractivity contribution in [1.29, 1.82) is 0 Å². The van der Waals surface area contributed by atoms with Crippen LogP contribution in [0, 0.1) is 11.8 Å². The van der Waals surface area contributed by atoms with Gasteiger partial charge in [0.25, 0.3) is 0 Å². The molecule has 1 aliphatic heterocycles. The lowest BCUT2D eigenvalue weighted by Crippen LogP contribution is -2.39. The Morgan fingerprint density at radius 1 is 1.39 bits per heavy atom. The topological polar surface area (TPSA) is 113 Å². The molecule has 0 bridgehead atoms. The van der Waals surface area contributed by atoms with E-state index in [1.807, 2.05) is 6.92 Å². The van der Waals surface area contributed by atoms with E-state index in [1.54, 1.807) is 0 Å². The van der Waals surface area contributed by atoms with Crippen molar-refractivity contribution in [2.75, 3.05) is 19.6 Å². The van der Waals surface area contributed by atoms with Crippen LogP contribution >= 0.6 is 0 Å². The number of carboxylic acid groups (broad SMARTS) is 1. The fourth-order valence-electron chi connectivity index (χ4n) is 2.02. The van der Waals surface area contributed by atoms with Crippen molar-refractivity contribution in [2.24, 2.45) is 17.6 Å². The average Bonchev–Trinajstić information content (AvgIpc) is 2.66. The largest absolute Gasteiger partial charge is 0.481 e. The van der Waals surface area contributed by atoms with Gasteiger partial charge in [-0.25, -0.2) is 4.79 Å². The lowest BCUT2D eigenvalue weighted by Gasteiger charge is -2.16. The molecule has 0 aliphatic carbocycles. The first-order valence-electron chi connectivity index (χ1n) is 5.95. The fraction of sp³-hybridized carbons (Fsp3) is 0.727. The SMILES string of the molecule is CC1CN(C(=O)NCCCC(N)=O)CC1C(=O)O. The molecule has 1 aliphatic rings. The highest BCUT2D eigenvalue weighted by molar-refractivity contribution is 5.77. The van der Waals surface area contributed by atoms with E-state index in [0.29, 0.717) is 19.5 Å². The summed E-state index contributed by atoms with van der Waals surface area (Å²) in [5.41, 5.74) is 4.97. The van der Waals surface area contributed by atoms with Gasteiger partial charge < -0.3 is 21.1 Å². The predicted octanol–water partition coefficient (Wildman–Crippen LogP) is -0.386. The van der Waals surface area contributed by atoms with Gasteiger partial charge in [-0.15, -0.1) is 0 Å². The minimum Gasteiger partial charge on any atom is -0.481 e. The number of rotatable bonds is 5. The number of nitrogens with two attached hydrogens (primary N) is 1. The normalized spacial score (nSPS) is 22.8. The summed E-state index contributed by atoms with van der Waals surface area (Å²) in [6.45, 7) is 2.86. The standard InChI is InChI=1S/C11H19N3O4/c1-7-5-14(6-8(7)10(16)17)11(18)13-4-2-3-9(12)15/h7-8H,2-6H2,1H3,(H2,12,15)(H,13,18)(H,16,17). The number of amides is 3. The molecule has 7 heteroatoms. The number of nitrogens with zero attached hydrogens (tertiary/aromatic N) is 1. The third-order valence-corrected chi connectivity index (χ3v) is 3.09. The second-order valence-electron chi connectivity index (χ2n) is 4.63. The molecule has 0 spiro atoms. The molecule has 1 fully saturated rings. The van der Waals surface area contributed by atoms with E-state index in [-0.39, 0.29) is 24.9 Å². The summed E-state index contributed by atoms with van der Waals surface area (Å²) in [5, 5.41) is 11.6. The van der Waals surface area contributed by atoms with Crippen LogP contribution in [-0.4, -0.2) is 47.5 Å². The van der Waals surface area contributed by atoms with Gasteiger partial charge in [0.1, 0.15) is 0 Å². The van der Waals surface area contributed by atoms with Crippen LogP contribution in [0.2, 0.25) is 0 Å². The Morgan fingerprint density at radius 2 is 2.06 bits per heavy atom. The Morgan fingerprint density at radius 3 is 2.56 bits per heavy atom. The maximum atomic E-state index is 11.7. The van der Waals surface area contributed by atoms with Crippen molar-refractivity contribution in [2.45, 2.75) is 19.8 Å². The average molecular weight is 257 g/mol. The van der Waals surface area contributed by atoms with Gasteiger partial charge in [0, 0.05) is 26.1 Å². The summed E-state index contributed by atoms with van der Waals surface area (Å²) in [6, 6.07) is -0.282. The van der Waals surface area contributed by atoms with E-state index in [2.05, 4.69) is 5.32 Å². The highest BCUT2D eigenvalue weighted by atomic mass is 16.4. The molecular formula is C11H19N3O4. The molecule has 1 rings (SSSR count). The van der Waals surface area contributed by atoms with E-state index in [0.717, 1.165) is 0 Å². The van der Waals surface area contributed by atoms with Crippen LogP contribution < -0.4 is 11.1 Å². The van der Waals surface area contributed by atoms with Gasteiger partial charge in [0.2, 0.25) is 5.91 Å². The molecule has 2 unspecified atom stereocenters. The second kappa shape index (κ2) is 6.23. The smallest absolute Gasteiger partial charge is 0.317 e. The van der Waals surface area contributed by atoms with Gasteiger partial charge in [0.05, 0.1) is 5.92 Å². The molecule has 102 valence electrons. The summed E-state index contributed by atoms with van der Waals surface area (Å²) in [6.07, 6.45) is 0.723. The third-order valence-electron chi connectivity index (χ3n) is 3.09. The monoisotopic (exact) mass is 257 g/mol. The minimum absolute atomic E-state index is 0.0427. The number of primary amides is 1. The van der Waals surface area contributed by atoms with E-state index >= 15 is 0 Å². The lowest BCUT2D eigenvalue weighted by molar-refractivity contribution is -0.142. The Kier molecular flexibility index (Phi) is 4.94. The van der Waals surface area contributed by atoms with Crippen LogP contribution in [0.1, 0.15) is 19.8 Å². The van der Waals surface area contributed by atoms with Gasteiger partial charge in [-0.3, -0.25) is 9.59 Å². The Bertz CT molecular complexity index is 345. The zero-order chi connectivity index (χ0) is 13.7. The first-order valence-corrected chi connectivity index (χ1v) is 5.95. The maximum Gasteiger partial charge on any atom is 0.317 e. The van der Waals surface area contributed by atoms with Crippen LogP contribution in [-0.2, 0) is 9.59 Å². The molecular weight excluding hydrogens is 238 g/mol. The van der Waals surface area contributed by atoms with Crippen molar-refractivity contribution in [3.63, 3.8) is 0 Å². The molecule has 0 aromatic heterocycles. The van der Waals surface area contributed by atoms with Crippen molar-refractivity contribution in [1.82, 2.24) is 10.2 Å². The van der Waals surface area contributed by atoms with E-state index in [9.17, 15) is 14.4 Å². The zero-order valence-corrected chi connectivity index (χ0v) is 10.4. The lowest BCUT2D eigenvalue weighted by atomic mass is 9.99. The van der Waals surface area contributed by atoms with Gasteiger partial charge in [-0.05, 0) is 12.3 Å². The molecule has 7 nitrogen and oxygen atoms in total. The minimum atomic E-state index is -0.869. The van der Waals surface area contributed by atoms with Gasteiger partial charge in [-0.1, -0.05) is 6.92 Å². The molecule has 0 radical (unpaired) electrons. The molecule has 2 atom stereocenters. The summed E-state index contributed by atoms with van der Waals surface area (Å²) >= 11 is 0. The first-order chi connectivity index (χ1) is 8.41. The molecule has 0 aromatic carbocycles. The van der Waals surface area contributed by atoms with Crippen molar-refractivity contribution >= 4 is 17.9 Å². The van der Waals surface area contributed by atoms with Crippen LogP contribution in [0.5, 0.6) is 0 Å². The van der Waals surface area contributed by atoms with Crippen LogP contribution in [0.4, 0.5) is 4.79 Å². The van der Waals surface area contributed by atoms with Crippen molar-refractivity contribution in [3.8, 4) is 0 Å². The number of carbonyl (C=O) groups is 3. The first kappa shape index (κ1) is 14.3. The molecule has 4 N–H and O–H groups in total. The summed E-state index contributed by atoms with van der Waals surface area (Å²) < 4.78 is 0. The van der Waals surface area contributed by atoms with Crippen LogP contribution in [0.3, 0.4) is 0 Å². The van der Waals surface area contributed by atoms with Gasteiger partial charge in [0.15, 0.2) is 0 Å². The number of aliphatic carboxylic acids is 1. The molecule has 3 amide bonds. The summed E-state index contributed by atoms with van der Waals surface area (Å²) in [5.74, 6) is -1.81. The van der Waals surface area contributed by atoms with Crippen LogP contribution in [0.15, 0.2) is 0 Å². The highest BCUT2D eigenvalue weighted by Gasteiger charge is 2.36. The number of nitrogens with one attached hydrogen (secondary N) is 1. The molecule has 1 heterocycles. The Balaban J connectivity index is 2.31. The third kappa shape index (κ3) is 3.90. The second-order valence-corrected chi connectivity index (χ2v) is 4.63. The van der Waals surface area contributed by atoms with E-state index in [4.69, 9.17) is 10.8 Å². The highest BCUT2D eigenvalue weighted by Crippen LogP contribution is 2.22. The maximum absolute atomic E-state index is 11.7. The molecule has 1 saturated heterocycles. The van der Waals surface area contributed by atoms with Crippen molar-refractivity contribution in [3.05, 3.63) is 0 Å². The Labute approximate surface area is 105 Å². The number of hydrogen-bond acceptors (Lipinski definition) is 3. The van der Waals surface area contributed by atoms with Gasteiger partial charge in [-0.2, -0.15) is 0 Å². The summed E-state index contributed by atoms with van der Waals surface area (Å²) in [4.78, 5) is 34.6. The number of hydrogen-bond donors (Lipinski definition) is 3. The predicted molar refractivity (Wildman–Crippen MR) is 63.7 cm³/mol. The molecule has 18 heavy (non-hydrogen) atoms. The van der Waals surface area contributed by atoms with Gasteiger partial charge >= 0.3 is 12.0 Å². The molecule has 0 saturated carbocycles. The van der Waals surface area contributed by atoms with E-state index in [1.165, 1.54) is 4.90 Å². The van der Waals surface area contributed by atoms with Crippen LogP contribution in [0.25, 0.3) is 0 Å². The quantitative estimate of drug-likeness (QED) is 0.582. The number of carboxylic acids is 1. The number of urea groups is 1. The molecule has 0 aromatic rings. The van der Waals surface area contributed by atoms with E-state index < -0.39 is 17.8 Å². The number of likely N-dealkylation sites (tertiary alicyclic amines) is 1. The fourth-order valence-corrected chi connectivity index (χ4v) is 2.02. The number of carbonyl (C=O) groups excluding carboxylic acids is 2. The summed E-state index contributed by atoms with van der Waals surface area (Å²) in [7, 11) is 0. The Hall–Kier alpha value is -1.79. The van der Waals surface area contributed by atoms with Crippen molar-refractivity contribution < 1.29 is 19.5 Å².